The Bertz CT molecular complexity index is 1220. The minimum absolute atomic E-state index is 0.134. The molecule has 0 radical (unpaired) electrons. The minimum Gasteiger partial charge on any atom is -0.444 e. The Labute approximate surface area is 267 Å². The van der Waals surface area contributed by atoms with Crippen molar-refractivity contribution in [1.29, 1.82) is 0 Å². The maximum atomic E-state index is 12.4. The van der Waals surface area contributed by atoms with E-state index in [-0.39, 0.29) is 17.1 Å². The van der Waals surface area contributed by atoms with Crippen LogP contribution in [-0.4, -0.2) is 60.3 Å². The Balaban J connectivity index is 1.23. The number of allylic oxidation sites excluding steroid dienone is 3. The van der Waals surface area contributed by atoms with Crippen LogP contribution in [0.1, 0.15) is 120 Å². The Morgan fingerprint density at radius 1 is 1.14 bits per heavy atom. The molecule has 6 aliphatic rings. The molecular weight excluding hydrogens is 548 g/mol. The summed E-state index contributed by atoms with van der Waals surface area (Å²) in [5, 5.41) is 3.03. The molecule has 2 saturated carbocycles. The number of carbonyl (C=O) groups excluding carboxylic acids is 2. The number of piperidine rings is 1. The largest absolute Gasteiger partial charge is 0.444 e. The van der Waals surface area contributed by atoms with Crippen LogP contribution < -0.4 is 5.32 Å². The fraction of sp³-hybridized carbons (Fsp3) is 0.842. The summed E-state index contributed by atoms with van der Waals surface area (Å²) >= 11 is 0. The number of likely N-dealkylation sites (tertiary alicyclic amines) is 1. The van der Waals surface area contributed by atoms with Crippen molar-refractivity contribution in [1.82, 2.24) is 10.2 Å². The van der Waals surface area contributed by atoms with Gasteiger partial charge >= 0.3 is 6.09 Å². The highest BCUT2D eigenvalue weighted by Crippen LogP contribution is 2.69. The van der Waals surface area contributed by atoms with E-state index in [1.807, 2.05) is 26.8 Å². The number of hydrogen-bond acceptors (Lipinski definition) is 5. The summed E-state index contributed by atoms with van der Waals surface area (Å²) in [5.41, 5.74) is 4.62. The Hall–Kier alpha value is -1.66. The van der Waals surface area contributed by atoms with E-state index in [9.17, 15) is 9.59 Å². The zero-order valence-electron chi connectivity index (χ0n) is 29.0. The molecule has 1 spiro atoms. The minimum atomic E-state index is -0.487. The molecule has 2 heterocycles. The van der Waals surface area contributed by atoms with Gasteiger partial charge in [0.05, 0.1) is 5.60 Å². The lowest BCUT2D eigenvalue weighted by Gasteiger charge is -2.54. The number of rotatable bonds is 3. The van der Waals surface area contributed by atoms with E-state index in [0.29, 0.717) is 59.8 Å². The predicted octanol–water partition coefficient (Wildman–Crippen LogP) is 7.87. The van der Waals surface area contributed by atoms with Crippen LogP contribution in [0, 0.1) is 40.4 Å². The summed E-state index contributed by atoms with van der Waals surface area (Å²) in [4.78, 5) is 27.5. The highest BCUT2D eigenvalue weighted by atomic mass is 16.6. The number of ether oxygens (including phenoxy) is 2. The first-order valence-corrected chi connectivity index (χ1v) is 17.9. The van der Waals surface area contributed by atoms with Crippen molar-refractivity contribution in [3.8, 4) is 0 Å². The molecule has 246 valence electrons. The van der Waals surface area contributed by atoms with E-state index < -0.39 is 5.60 Å². The van der Waals surface area contributed by atoms with Crippen LogP contribution in [-0.2, 0) is 14.3 Å². The lowest BCUT2D eigenvalue weighted by Crippen LogP contribution is -2.57. The number of amides is 1. The molecule has 0 aromatic carbocycles. The van der Waals surface area contributed by atoms with Crippen molar-refractivity contribution in [2.75, 3.05) is 26.2 Å². The van der Waals surface area contributed by atoms with Crippen molar-refractivity contribution in [3.63, 3.8) is 0 Å². The Morgan fingerprint density at radius 2 is 1.91 bits per heavy atom. The highest BCUT2D eigenvalue weighted by molar-refractivity contribution is 5.91. The third kappa shape index (κ3) is 5.63. The highest BCUT2D eigenvalue weighted by Gasteiger charge is 2.61. The van der Waals surface area contributed by atoms with Crippen LogP contribution in [0.25, 0.3) is 0 Å². The molecule has 6 heteroatoms. The lowest BCUT2D eigenvalue weighted by atomic mass is 9.50. The van der Waals surface area contributed by atoms with E-state index >= 15 is 0 Å². The molecule has 1 amide bonds. The van der Waals surface area contributed by atoms with Crippen LogP contribution in [0.2, 0.25) is 0 Å². The first-order chi connectivity index (χ1) is 20.7. The van der Waals surface area contributed by atoms with Crippen molar-refractivity contribution < 1.29 is 19.1 Å². The molecule has 0 aromatic heterocycles. The fourth-order valence-electron chi connectivity index (χ4n) is 11.5. The topological polar surface area (TPSA) is 67.9 Å². The molecular formula is C38H60N2O4. The third-order valence-electron chi connectivity index (χ3n) is 13.5. The Morgan fingerprint density at radius 3 is 2.66 bits per heavy atom. The molecule has 6 nitrogen and oxygen atoms in total. The number of nitrogens with one attached hydrogen (secondary N) is 1. The van der Waals surface area contributed by atoms with E-state index in [2.05, 4.69) is 44.8 Å². The van der Waals surface area contributed by atoms with E-state index in [4.69, 9.17) is 9.47 Å². The lowest BCUT2D eigenvalue weighted by molar-refractivity contribution is -0.117. The molecule has 44 heavy (non-hydrogen) atoms. The van der Waals surface area contributed by atoms with Gasteiger partial charge in [0.25, 0.3) is 0 Å². The molecule has 2 saturated heterocycles. The first kappa shape index (κ1) is 32.3. The second-order valence-corrected chi connectivity index (χ2v) is 17.4. The summed E-state index contributed by atoms with van der Waals surface area (Å²) in [5.74, 6) is 3.30. The molecule has 2 aliphatic heterocycles. The maximum absolute atomic E-state index is 12.4. The number of ketones is 1. The number of nitrogens with zero attached hydrogens (tertiary/aromatic N) is 1. The number of alkyl carbamates (subject to hydrolysis) is 1. The van der Waals surface area contributed by atoms with Gasteiger partial charge in [-0.2, -0.15) is 0 Å². The van der Waals surface area contributed by atoms with E-state index in [1.165, 1.54) is 31.3 Å². The number of hydrogen-bond donors (Lipinski definition) is 1. The van der Waals surface area contributed by atoms with E-state index in [1.54, 1.807) is 11.1 Å². The van der Waals surface area contributed by atoms with Gasteiger partial charge in [-0.15, -0.1) is 0 Å². The van der Waals surface area contributed by atoms with Crippen molar-refractivity contribution >= 4 is 11.9 Å². The van der Waals surface area contributed by atoms with Crippen molar-refractivity contribution in [2.45, 2.75) is 137 Å². The van der Waals surface area contributed by atoms with Crippen molar-refractivity contribution in [3.05, 3.63) is 22.8 Å². The summed E-state index contributed by atoms with van der Waals surface area (Å²) in [7, 11) is 0. The van der Waals surface area contributed by atoms with Crippen LogP contribution in [0.4, 0.5) is 4.79 Å². The second kappa shape index (κ2) is 11.5. The summed E-state index contributed by atoms with van der Waals surface area (Å²) < 4.78 is 12.6. The molecule has 0 bridgehead atoms. The average Bonchev–Trinajstić information content (AvgIpc) is 3.06. The number of fused-ring (bicyclic) bond motifs is 6. The molecule has 9 atom stereocenters. The van der Waals surface area contributed by atoms with Gasteiger partial charge < -0.3 is 14.8 Å². The summed E-state index contributed by atoms with van der Waals surface area (Å²) in [6.07, 6.45) is 12.7. The van der Waals surface area contributed by atoms with Gasteiger partial charge in [0.15, 0.2) is 5.78 Å². The van der Waals surface area contributed by atoms with Gasteiger partial charge in [-0.25, -0.2) is 4.79 Å². The molecule has 0 aromatic rings. The SMILES string of the molecule is CC1=C2C[C@H]3[C@@](C)(CCC4=CC(=O)CC[C@@]43C)[C@@H]2CC[C@@]2(C1)OCC[C@H]1C[C@H](C)CN(CCNC(=O)OC(C)(C)C)[C@H]1[C@H]2C. The van der Waals surface area contributed by atoms with Crippen molar-refractivity contribution in [2.24, 2.45) is 40.4 Å². The maximum Gasteiger partial charge on any atom is 0.407 e. The van der Waals surface area contributed by atoms with Gasteiger partial charge in [0, 0.05) is 44.6 Å². The van der Waals surface area contributed by atoms with Gasteiger partial charge in [-0.05, 0) is 126 Å². The Kier molecular flexibility index (Phi) is 8.47. The van der Waals surface area contributed by atoms with E-state index in [0.717, 1.165) is 51.8 Å². The molecule has 4 fully saturated rings. The summed E-state index contributed by atoms with van der Waals surface area (Å²) in [6, 6.07) is 0.467. The average molecular weight is 609 g/mol. The molecule has 0 unspecified atom stereocenters. The van der Waals surface area contributed by atoms with Crippen LogP contribution >= 0.6 is 0 Å². The van der Waals surface area contributed by atoms with Gasteiger partial charge in [0.1, 0.15) is 5.60 Å². The fourth-order valence-corrected chi connectivity index (χ4v) is 11.5. The smallest absolute Gasteiger partial charge is 0.407 e. The van der Waals surface area contributed by atoms with Crippen LogP contribution in [0.15, 0.2) is 22.8 Å². The van der Waals surface area contributed by atoms with Crippen LogP contribution in [0.3, 0.4) is 0 Å². The predicted molar refractivity (Wildman–Crippen MR) is 175 cm³/mol. The normalized spacial score (nSPS) is 42.8. The standard InChI is InChI=1S/C38H60N2O4/c1-24-19-27-12-18-43-38(26(3)33(27)40(23-24)17-16-39-34(42)44-35(4,5)6)15-11-31-30(25(2)22-38)21-32-36(7)14-10-29(41)20-28(36)9-13-37(31,32)8/h20,24,26-27,31-33H,9-19,21-23H2,1-8H3,(H,39,42)/t24-,26+,27-,31+,32+,33-,36-,37-,38-/m0/s1. The number of carbonyl (C=O) groups is 2. The van der Waals surface area contributed by atoms with Gasteiger partial charge in [-0.3, -0.25) is 9.69 Å². The monoisotopic (exact) mass is 608 g/mol. The molecule has 4 aliphatic carbocycles. The molecule has 1 N–H and O–H groups in total. The summed E-state index contributed by atoms with van der Waals surface area (Å²) in [6.45, 7) is 21.5. The first-order valence-electron chi connectivity index (χ1n) is 17.9. The second-order valence-electron chi connectivity index (χ2n) is 17.4. The zero-order chi connectivity index (χ0) is 31.7. The third-order valence-corrected chi connectivity index (χ3v) is 13.5. The van der Waals surface area contributed by atoms with Crippen LogP contribution in [0.5, 0.6) is 0 Å². The quantitative estimate of drug-likeness (QED) is 0.330. The molecule has 6 rings (SSSR count). The zero-order valence-corrected chi connectivity index (χ0v) is 29.0. The van der Waals surface area contributed by atoms with Gasteiger partial charge in [0.2, 0.25) is 0 Å². The van der Waals surface area contributed by atoms with Gasteiger partial charge in [-0.1, -0.05) is 44.4 Å².